The predicted octanol–water partition coefficient (Wildman–Crippen LogP) is 3.79. The molecule has 1 saturated heterocycles. The van der Waals surface area contributed by atoms with Crippen molar-refractivity contribution in [3.05, 3.63) is 53.1 Å². The van der Waals surface area contributed by atoms with E-state index in [-0.39, 0.29) is 22.2 Å². The molecule has 0 atom stereocenters. The fraction of sp³-hybridized carbons (Fsp3) is 0.333. The summed E-state index contributed by atoms with van der Waals surface area (Å²) in [5.41, 5.74) is 0.503. The Labute approximate surface area is 181 Å². The summed E-state index contributed by atoms with van der Waals surface area (Å²) in [5, 5.41) is 11.9. The van der Waals surface area contributed by atoms with Gasteiger partial charge in [0.2, 0.25) is 10.0 Å². The van der Waals surface area contributed by atoms with Crippen LogP contribution in [0.5, 0.6) is 5.75 Å². The molecule has 0 radical (unpaired) electrons. The summed E-state index contributed by atoms with van der Waals surface area (Å²) in [4.78, 5) is 12.4. The number of halogens is 1. The lowest BCUT2D eigenvalue weighted by molar-refractivity contribution is -0.118. The number of rotatable bonds is 6. The summed E-state index contributed by atoms with van der Waals surface area (Å²) in [6.45, 7) is 0.621. The molecule has 0 aliphatic carbocycles. The summed E-state index contributed by atoms with van der Waals surface area (Å²) >= 11 is 6.16. The number of benzene rings is 2. The Kier molecular flexibility index (Phi) is 7.32. The van der Waals surface area contributed by atoms with E-state index in [1.807, 2.05) is 6.07 Å². The molecule has 0 unspecified atom stereocenters. The van der Waals surface area contributed by atoms with Crippen LogP contribution >= 0.6 is 11.6 Å². The highest BCUT2D eigenvalue weighted by atomic mass is 35.5. The Balaban J connectivity index is 1.72. The van der Waals surface area contributed by atoms with E-state index in [9.17, 15) is 13.2 Å². The minimum absolute atomic E-state index is 0.0832. The Morgan fingerprint density at radius 3 is 2.53 bits per heavy atom. The number of hydrogen-bond acceptors (Lipinski definition) is 5. The molecule has 1 N–H and O–H groups in total. The van der Waals surface area contributed by atoms with Crippen LogP contribution in [0, 0.1) is 11.3 Å². The molecule has 2 aromatic carbocycles. The number of amides is 1. The zero-order valence-electron chi connectivity index (χ0n) is 16.3. The maximum Gasteiger partial charge on any atom is 0.262 e. The second-order valence-electron chi connectivity index (χ2n) is 6.90. The normalized spacial score (nSPS) is 15.1. The molecule has 1 aliphatic rings. The molecule has 158 valence electrons. The third-order valence-electron chi connectivity index (χ3n) is 4.78. The first-order valence-electron chi connectivity index (χ1n) is 9.63. The summed E-state index contributed by atoms with van der Waals surface area (Å²) in [7, 11) is -3.67. The van der Waals surface area contributed by atoms with Gasteiger partial charge in [-0.3, -0.25) is 4.79 Å². The van der Waals surface area contributed by atoms with Crippen molar-refractivity contribution in [2.45, 2.75) is 30.6 Å². The van der Waals surface area contributed by atoms with Gasteiger partial charge >= 0.3 is 0 Å². The minimum Gasteiger partial charge on any atom is -0.482 e. The van der Waals surface area contributed by atoms with E-state index >= 15 is 0 Å². The van der Waals surface area contributed by atoms with E-state index in [1.165, 1.54) is 22.5 Å². The smallest absolute Gasteiger partial charge is 0.262 e. The van der Waals surface area contributed by atoms with Crippen molar-refractivity contribution in [1.29, 1.82) is 5.26 Å². The first-order chi connectivity index (χ1) is 14.4. The van der Waals surface area contributed by atoms with Gasteiger partial charge in [-0.15, -0.1) is 0 Å². The SMILES string of the molecule is N#Cc1ccccc1OCC(=O)Nc1cc(S(=O)(=O)N2CCCCCC2)ccc1Cl. The molecule has 1 heterocycles. The lowest BCUT2D eigenvalue weighted by Crippen LogP contribution is -2.32. The first-order valence-corrected chi connectivity index (χ1v) is 11.4. The van der Waals surface area contributed by atoms with Gasteiger partial charge in [0, 0.05) is 13.1 Å². The van der Waals surface area contributed by atoms with Crippen LogP contribution in [0.25, 0.3) is 0 Å². The molecule has 0 saturated carbocycles. The number of carbonyl (C=O) groups is 1. The van der Waals surface area contributed by atoms with Crippen molar-refractivity contribution in [3.8, 4) is 11.8 Å². The van der Waals surface area contributed by atoms with E-state index in [2.05, 4.69) is 5.32 Å². The molecule has 3 rings (SSSR count). The van der Waals surface area contributed by atoms with Crippen LogP contribution < -0.4 is 10.1 Å². The molecule has 0 spiro atoms. The van der Waals surface area contributed by atoms with Gasteiger partial charge in [-0.25, -0.2) is 8.42 Å². The second kappa shape index (κ2) is 9.94. The van der Waals surface area contributed by atoms with Crippen LogP contribution in [0.2, 0.25) is 5.02 Å². The van der Waals surface area contributed by atoms with E-state index in [4.69, 9.17) is 21.6 Å². The van der Waals surface area contributed by atoms with Crippen LogP contribution in [0.15, 0.2) is 47.4 Å². The molecule has 0 bridgehead atoms. The zero-order chi connectivity index (χ0) is 21.6. The van der Waals surface area contributed by atoms with E-state index < -0.39 is 15.9 Å². The summed E-state index contributed by atoms with van der Waals surface area (Å²) in [5.74, 6) is -0.229. The van der Waals surface area contributed by atoms with Crippen molar-refractivity contribution in [3.63, 3.8) is 0 Å². The highest BCUT2D eigenvalue weighted by Crippen LogP contribution is 2.28. The van der Waals surface area contributed by atoms with Crippen molar-refractivity contribution in [2.75, 3.05) is 25.0 Å². The number of hydrogen-bond donors (Lipinski definition) is 1. The Bertz CT molecular complexity index is 1060. The van der Waals surface area contributed by atoms with E-state index in [1.54, 1.807) is 24.3 Å². The van der Waals surface area contributed by atoms with Crippen LogP contribution in [0.1, 0.15) is 31.2 Å². The molecule has 7 nitrogen and oxygen atoms in total. The molecule has 0 aromatic heterocycles. The number of anilines is 1. The standard InChI is InChI=1S/C21H22ClN3O4S/c22-18-10-9-17(30(27,28)25-11-5-1-2-6-12-25)13-19(18)24-21(26)15-29-20-8-4-3-7-16(20)14-23/h3-4,7-10,13H,1-2,5-6,11-12,15H2,(H,24,26). The Morgan fingerprint density at radius 2 is 1.83 bits per heavy atom. The van der Waals surface area contributed by atoms with Gasteiger partial charge in [0.1, 0.15) is 11.8 Å². The molecule has 2 aromatic rings. The lowest BCUT2D eigenvalue weighted by Gasteiger charge is -2.20. The summed E-state index contributed by atoms with van der Waals surface area (Å²) in [6, 6.07) is 12.8. The van der Waals surface area contributed by atoms with Crippen LogP contribution in [-0.4, -0.2) is 38.3 Å². The molecule has 1 fully saturated rings. The Hall–Kier alpha value is -2.60. The van der Waals surface area contributed by atoms with Crippen molar-refractivity contribution in [2.24, 2.45) is 0 Å². The van der Waals surface area contributed by atoms with Crippen molar-refractivity contribution >= 4 is 33.2 Å². The Morgan fingerprint density at radius 1 is 1.13 bits per heavy atom. The highest BCUT2D eigenvalue weighted by molar-refractivity contribution is 7.89. The maximum absolute atomic E-state index is 13.0. The zero-order valence-corrected chi connectivity index (χ0v) is 17.9. The topological polar surface area (TPSA) is 99.5 Å². The maximum atomic E-state index is 13.0. The van der Waals surface area contributed by atoms with Gasteiger partial charge in [-0.1, -0.05) is 36.6 Å². The average molecular weight is 448 g/mol. The number of carbonyl (C=O) groups excluding carboxylic acids is 1. The van der Waals surface area contributed by atoms with Gasteiger partial charge < -0.3 is 10.1 Å². The second-order valence-corrected chi connectivity index (χ2v) is 9.25. The number of sulfonamides is 1. The van der Waals surface area contributed by atoms with E-state index in [0.717, 1.165) is 25.7 Å². The minimum atomic E-state index is -3.67. The fourth-order valence-corrected chi connectivity index (χ4v) is 4.91. The molecular formula is C21H22ClN3O4S. The molecule has 9 heteroatoms. The fourth-order valence-electron chi connectivity index (χ4n) is 3.21. The highest BCUT2D eigenvalue weighted by Gasteiger charge is 2.26. The predicted molar refractivity (Wildman–Crippen MR) is 114 cm³/mol. The third-order valence-corrected chi connectivity index (χ3v) is 7.01. The van der Waals surface area contributed by atoms with Crippen molar-refractivity contribution in [1.82, 2.24) is 4.31 Å². The molecule has 1 aliphatic heterocycles. The summed E-state index contributed by atoms with van der Waals surface area (Å²) in [6.07, 6.45) is 3.70. The van der Waals surface area contributed by atoms with Gasteiger partial charge in [0.05, 0.1) is 21.2 Å². The number of ether oxygens (including phenoxy) is 1. The quantitative estimate of drug-likeness (QED) is 0.726. The number of nitrogens with zero attached hydrogens (tertiary/aromatic N) is 2. The molecule has 30 heavy (non-hydrogen) atoms. The first kappa shape index (κ1) is 22.1. The van der Waals surface area contributed by atoms with Crippen LogP contribution in [-0.2, 0) is 14.8 Å². The van der Waals surface area contributed by atoms with Crippen LogP contribution in [0.4, 0.5) is 5.69 Å². The molecule has 1 amide bonds. The number of nitrogens with one attached hydrogen (secondary N) is 1. The van der Waals surface area contributed by atoms with Crippen LogP contribution in [0.3, 0.4) is 0 Å². The number of nitriles is 1. The largest absolute Gasteiger partial charge is 0.482 e. The monoisotopic (exact) mass is 447 g/mol. The lowest BCUT2D eigenvalue weighted by atomic mass is 10.2. The number of para-hydroxylation sites is 1. The van der Waals surface area contributed by atoms with Gasteiger partial charge in [0.15, 0.2) is 6.61 Å². The van der Waals surface area contributed by atoms with Gasteiger partial charge in [-0.2, -0.15) is 9.57 Å². The molecular weight excluding hydrogens is 426 g/mol. The van der Waals surface area contributed by atoms with Gasteiger partial charge in [0.25, 0.3) is 5.91 Å². The van der Waals surface area contributed by atoms with Gasteiger partial charge in [-0.05, 0) is 43.2 Å². The van der Waals surface area contributed by atoms with E-state index in [0.29, 0.717) is 24.4 Å². The summed E-state index contributed by atoms with van der Waals surface area (Å²) < 4.78 is 32.9. The van der Waals surface area contributed by atoms with Crippen molar-refractivity contribution < 1.29 is 17.9 Å². The third kappa shape index (κ3) is 5.30. The average Bonchev–Trinajstić information content (AvgIpc) is 3.04.